The molecule has 3 amide bonds. The van der Waals surface area contributed by atoms with Crippen molar-refractivity contribution in [3.05, 3.63) is 42.5 Å². The number of anilines is 2. The van der Waals surface area contributed by atoms with Crippen LogP contribution >= 0.6 is 0 Å². The summed E-state index contributed by atoms with van der Waals surface area (Å²) in [5, 5.41) is 16.4. The van der Waals surface area contributed by atoms with E-state index in [1.807, 2.05) is 42.5 Å². The average molecular weight is 365 g/mol. The minimum absolute atomic E-state index is 0.107. The number of rotatable bonds is 6. The van der Waals surface area contributed by atoms with Gasteiger partial charge in [0.2, 0.25) is 5.91 Å². The molecule has 0 aliphatic rings. The third-order valence-corrected chi connectivity index (χ3v) is 4.13. The van der Waals surface area contributed by atoms with Crippen LogP contribution in [0.3, 0.4) is 0 Å². The van der Waals surface area contributed by atoms with E-state index in [1.165, 1.54) is 6.92 Å². The van der Waals surface area contributed by atoms with Gasteiger partial charge in [0.1, 0.15) is 0 Å². The zero-order valence-electron chi connectivity index (χ0n) is 15.4. The molecule has 0 aliphatic carbocycles. The van der Waals surface area contributed by atoms with E-state index < -0.39 is 0 Å². The van der Waals surface area contributed by atoms with Crippen molar-refractivity contribution in [3.63, 3.8) is 0 Å². The van der Waals surface area contributed by atoms with Gasteiger partial charge < -0.3 is 10.6 Å². The van der Waals surface area contributed by atoms with Gasteiger partial charge in [-0.2, -0.15) is 5.10 Å². The van der Waals surface area contributed by atoms with Crippen molar-refractivity contribution in [3.8, 4) is 11.1 Å². The van der Waals surface area contributed by atoms with Crippen molar-refractivity contribution in [2.75, 3.05) is 17.2 Å². The molecule has 0 spiro atoms. The van der Waals surface area contributed by atoms with Crippen LogP contribution in [0.1, 0.15) is 26.7 Å². The smallest absolute Gasteiger partial charge is 0.320 e. The summed E-state index contributed by atoms with van der Waals surface area (Å²) in [7, 11) is 0. The van der Waals surface area contributed by atoms with Crippen LogP contribution < -0.4 is 16.0 Å². The standard InChI is InChI=1S/C20H23N5O2/c1-3-4-10-21-20(27)23-19-17-9-8-15(12-18(17)24-25-19)14-6-5-7-16(11-14)22-13(2)26/h5-9,11-12H,3-4,10H2,1-2H3,(H,22,26)(H3,21,23,24,25,27). The maximum Gasteiger partial charge on any atom is 0.320 e. The van der Waals surface area contributed by atoms with Crippen LogP contribution in [0.2, 0.25) is 0 Å². The molecule has 7 nitrogen and oxygen atoms in total. The fourth-order valence-electron chi connectivity index (χ4n) is 2.80. The summed E-state index contributed by atoms with van der Waals surface area (Å²) < 4.78 is 0. The zero-order valence-corrected chi connectivity index (χ0v) is 15.4. The second-order valence-electron chi connectivity index (χ2n) is 6.33. The lowest BCUT2D eigenvalue weighted by molar-refractivity contribution is -0.114. The topological polar surface area (TPSA) is 98.9 Å². The van der Waals surface area contributed by atoms with Gasteiger partial charge >= 0.3 is 6.03 Å². The third-order valence-electron chi connectivity index (χ3n) is 4.13. The van der Waals surface area contributed by atoms with Gasteiger partial charge in [-0.25, -0.2) is 4.79 Å². The Morgan fingerprint density at radius 2 is 1.89 bits per heavy atom. The summed E-state index contributed by atoms with van der Waals surface area (Å²) in [6, 6.07) is 13.2. The first kappa shape index (κ1) is 18.4. The minimum Gasteiger partial charge on any atom is -0.338 e. The molecule has 2 aromatic carbocycles. The van der Waals surface area contributed by atoms with Gasteiger partial charge in [-0.05, 0) is 41.8 Å². The first-order valence-electron chi connectivity index (χ1n) is 8.98. The first-order chi connectivity index (χ1) is 13.1. The third kappa shape index (κ3) is 4.63. The van der Waals surface area contributed by atoms with Crippen LogP contribution in [0.15, 0.2) is 42.5 Å². The summed E-state index contributed by atoms with van der Waals surface area (Å²) in [5.41, 5.74) is 3.53. The molecule has 27 heavy (non-hydrogen) atoms. The number of benzene rings is 2. The number of unbranched alkanes of at least 4 members (excludes halogenated alkanes) is 1. The van der Waals surface area contributed by atoms with Crippen LogP contribution in [0, 0.1) is 0 Å². The molecule has 0 saturated heterocycles. The Kier molecular flexibility index (Phi) is 5.71. The molecule has 0 unspecified atom stereocenters. The Morgan fingerprint density at radius 3 is 2.67 bits per heavy atom. The van der Waals surface area contributed by atoms with E-state index in [-0.39, 0.29) is 11.9 Å². The van der Waals surface area contributed by atoms with E-state index in [0.29, 0.717) is 12.4 Å². The van der Waals surface area contributed by atoms with Crippen molar-refractivity contribution in [1.82, 2.24) is 15.5 Å². The number of aromatic nitrogens is 2. The molecular formula is C20H23N5O2. The fourth-order valence-corrected chi connectivity index (χ4v) is 2.80. The Balaban J connectivity index is 1.79. The van der Waals surface area contributed by atoms with Crippen LogP contribution in [-0.4, -0.2) is 28.7 Å². The Morgan fingerprint density at radius 1 is 1.07 bits per heavy atom. The number of H-pyrrole nitrogens is 1. The molecule has 140 valence electrons. The second kappa shape index (κ2) is 8.35. The van der Waals surface area contributed by atoms with Crippen molar-refractivity contribution in [2.45, 2.75) is 26.7 Å². The number of hydrogen-bond donors (Lipinski definition) is 4. The fraction of sp³-hybridized carbons (Fsp3) is 0.250. The highest BCUT2D eigenvalue weighted by Gasteiger charge is 2.10. The van der Waals surface area contributed by atoms with Crippen molar-refractivity contribution >= 4 is 34.3 Å². The van der Waals surface area contributed by atoms with Gasteiger partial charge in [-0.15, -0.1) is 0 Å². The number of aromatic amines is 1. The molecule has 1 heterocycles. The molecule has 3 rings (SSSR count). The van der Waals surface area contributed by atoms with Gasteiger partial charge in [0.25, 0.3) is 0 Å². The lowest BCUT2D eigenvalue weighted by Gasteiger charge is -2.07. The molecule has 0 atom stereocenters. The minimum atomic E-state index is -0.260. The second-order valence-corrected chi connectivity index (χ2v) is 6.33. The molecule has 1 aromatic heterocycles. The van der Waals surface area contributed by atoms with E-state index in [4.69, 9.17) is 0 Å². The summed E-state index contributed by atoms with van der Waals surface area (Å²) in [5.74, 6) is 0.390. The van der Waals surface area contributed by atoms with Gasteiger partial charge in [0.15, 0.2) is 5.82 Å². The molecule has 0 radical (unpaired) electrons. The van der Waals surface area contributed by atoms with Crippen LogP contribution in [0.5, 0.6) is 0 Å². The number of fused-ring (bicyclic) bond motifs is 1. The Bertz CT molecular complexity index is 964. The number of urea groups is 1. The highest BCUT2D eigenvalue weighted by Crippen LogP contribution is 2.28. The van der Waals surface area contributed by atoms with Crippen molar-refractivity contribution < 1.29 is 9.59 Å². The van der Waals surface area contributed by atoms with E-state index >= 15 is 0 Å². The maximum absolute atomic E-state index is 11.9. The number of carbonyl (C=O) groups excluding carboxylic acids is 2. The van der Waals surface area contributed by atoms with Crippen molar-refractivity contribution in [2.24, 2.45) is 0 Å². The van der Waals surface area contributed by atoms with Crippen LogP contribution in [0.25, 0.3) is 22.0 Å². The average Bonchev–Trinajstić information content (AvgIpc) is 3.03. The summed E-state index contributed by atoms with van der Waals surface area (Å²) >= 11 is 0. The number of nitrogens with zero attached hydrogens (tertiary/aromatic N) is 1. The Hall–Kier alpha value is -3.35. The van der Waals surface area contributed by atoms with Gasteiger partial charge in [-0.3, -0.25) is 15.2 Å². The molecule has 0 fully saturated rings. The normalized spacial score (nSPS) is 10.6. The number of hydrogen-bond acceptors (Lipinski definition) is 3. The SMILES string of the molecule is CCCCNC(=O)Nc1n[nH]c2cc(-c3cccc(NC(C)=O)c3)ccc12. The van der Waals surface area contributed by atoms with Gasteiger partial charge in [0.05, 0.1) is 5.52 Å². The first-order valence-corrected chi connectivity index (χ1v) is 8.98. The van der Waals surface area contributed by atoms with Crippen molar-refractivity contribution in [1.29, 1.82) is 0 Å². The predicted molar refractivity (Wildman–Crippen MR) is 108 cm³/mol. The zero-order chi connectivity index (χ0) is 19.2. The van der Waals surface area contributed by atoms with Gasteiger partial charge in [0, 0.05) is 24.5 Å². The van der Waals surface area contributed by atoms with Crippen LogP contribution in [0.4, 0.5) is 16.3 Å². The summed E-state index contributed by atoms with van der Waals surface area (Å²) in [4.78, 5) is 23.2. The summed E-state index contributed by atoms with van der Waals surface area (Å²) in [6.45, 7) is 4.19. The van der Waals surface area contributed by atoms with E-state index in [2.05, 4.69) is 33.1 Å². The number of carbonyl (C=O) groups is 2. The van der Waals surface area contributed by atoms with E-state index in [1.54, 1.807) is 0 Å². The molecule has 4 N–H and O–H groups in total. The van der Waals surface area contributed by atoms with E-state index in [0.717, 1.165) is 40.6 Å². The highest BCUT2D eigenvalue weighted by molar-refractivity contribution is 6.00. The Labute approximate surface area is 157 Å². The lowest BCUT2D eigenvalue weighted by Crippen LogP contribution is -2.29. The predicted octanol–water partition coefficient (Wildman–Crippen LogP) is 4.11. The molecule has 0 saturated carbocycles. The molecule has 0 bridgehead atoms. The molecular weight excluding hydrogens is 342 g/mol. The summed E-state index contributed by atoms with van der Waals surface area (Å²) in [6.07, 6.45) is 1.97. The maximum atomic E-state index is 11.9. The van der Waals surface area contributed by atoms with Gasteiger partial charge in [-0.1, -0.05) is 31.5 Å². The number of amides is 3. The highest BCUT2D eigenvalue weighted by atomic mass is 16.2. The quantitative estimate of drug-likeness (QED) is 0.495. The number of nitrogens with one attached hydrogen (secondary N) is 4. The lowest BCUT2D eigenvalue weighted by atomic mass is 10.0. The van der Waals surface area contributed by atoms with E-state index in [9.17, 15) is 9.59 Å². The molecule has 7 heteroatoms. The van der Waals surface area contributed by atoms with Crippen LogP contribution in [-0.2, 0) is 4.79 Å². The molecule has 0 aliphatic heterocycles. The molecule has 3 aromatic rings. The monoisotopic (exact) mass is 365 g/mol. The largest absolute Gasteiger partial charge is 0.338 e.